The van der Waals surface area contributed by atoms with E-state index in [1.807, 2.05) is 4.90 Å². The molecule has 0 aromatic carbocycles. The van der Waals surface area contributed by atoms with E-state index in [-0.39, 0.29) is 46.2 Å². The molecule has 0 saturated carbocycles. The fourth-order valence-corrected chi connectivity index (χ4v) is 6.99. The molecular weight excluding hydrogens is 566 g/mol. The van der Waals surface area contributed by atoms with Crippen LogP contribution in [-0.4, -0.2) is 68.4 Å². The zero-order valence-electron chi connectivity index (χ0n) is 22.2. The summed E-state index contributed by atoms with van der Waals surface area (Å²) in [5.41, 5.74) is 9.78. The lowest BCUT2D eigenvalue weighted by Crippen LogP contribution is -2.46. The van der Waals surface area contributed by atoms with Crippen molar-refractivity contribution in [3.8, 4) is 21.8 Å². The third-order valence-corrected chi connectivity index (χ3v) is 9.08. The van der Waals surface area contributed by atoms with Crippen molar-refractivity contribution < 1.29 is 18.4 Å². The van der Waals surface area contributed by atoms with Gasteiger partial charge >= 0.3 is 0 Å². The fraction of sp³-hybridized carbons (Fsp3) is 0.333. The van der Waals surface area contributed by atoms with E-state index in [0.29, 0.717) is 51.6 Å². The number of aromatic amines is 1. The molecule has 214 valence electrons. The van der Waals surface area contributed by atoms with Crippen LogP contribution in [0.15, 0.2) is 37.1 Å². The van der Waals surface area contributed by atoms with Crippen LogP contribution in [0.25, 0.3) is 27.5 Å². The van der Waals surface area contributed by atoms with E-state index in [2.05, 4.69) is 30.2 Å². The first-order valence-electron chi connectivity index (χ1n) is 13.4. The highest BCUT2D eigenvalue weighted by Gasteiger charge is 2.46. The number of halogens is 2. The third kappa shape index (κ3) is 4.22. The van der Waals surface area contributed by atoms with Gasteiger partial charge < -0.3 is 10.6 Å². The van der Waals surface area contributed by atoms with E-state index in [0.717, 1.165) is 30.4 Å². The summed E-state index contributed by atoms with van der Waals surface area (Å²) >= 11 is 0.896. The molecule has 2 saturated heterocycles. The van der Waals surface area contributed by atoms with Crippen LogP contribution in [0, 0.1) is 0 Å². The predicted molar refractivity (Wildman–Crippen MR) is 148 cm³/mol. The van der Waals surface area contributed by atoms with Crippen molar-refractivity contribution >= 4 is 34.5 Å². The van der Waals surface area contributed by atoms with Gasteiger partial charge in [-0.3, -0.25) is 19.7 Å². The molecule has 15 heteroatoms. The number of nitrogens with two attached hydrogens (primary N) is 1. The smallest absolute Gasteiger partial charge is 0.294 e. The fourth-order valence-electron chi connectivity index (χ4n) is 6.24. The minimum absolute atomic E-state index is 0.0311. The molecule has 7 rings (SSSR count). The number of aromatic nitrogens is 8. The predicted octanol–water partition coefficient (Wildman–Crippen LogP) is 4.31. The van der Waals surface area contributed by atoms with Crippen LogP contribution < -0.4 is 5.73 Å². The summed E-state index contributed by atoms with van der Waals surface area (Å²) in [6.07, 6.45) is 6.13. The topological polar surface area (TPSA) is 161 Å². The van der Waals surface area contributed by atoms with E-state index >= 15 is 0 Å². The van der Waals surface area contributed by atoms with Gasteiger partial charge in [0.25, 0.3) is 12.3 Å². The van der Waals surface area contributed by atoms with E-state index in [4.69, 9.17) is 10.7 Å². The molecule has 2 aliphatic heterocycles. The molecule has 1 unspecified atom stereocenters. The van der Waals surface area contributed by atoms with E-state index in [1.54, 1.807) is 24.5 Å². The molecular formula is C27H24F2N10O2S. The van der Waals surface area contributed by atoms with Gasteiger partial charge in [-0.1, -0.05) is 6.07 Å². The molecule has 1 amide bonds. The van der Waals surface area contributed by atoms with Gasteiger partial charge in [-0.05, 0) is 38.7 Å². The number of carbonyl (C=O) groups excluding carboxylic acids is 2. The number of hydrogen-bond acceptors (Lipinski definition) is 10. The first-order valence-corrected chi connectivity index (χ1v) is 14.2. The highest BCUT2D eigenvalue weighted by molar-refractivity contribution is 7.15. The SMILES string of the molecule is CC(=O)c1c([C@@H]2CC3CC[C@@H](C2)N3C(=O)c2nc[nH]n2)nc2c(-c3ccc(-c4ncc(C(F)F)s4)nc3)cnn2c1N. The largest absolute Gasteiger partial charge is 0.383 e. The van der Waals surface area contributed by atoms with Crippen LogP contribution in [0.5, 0.6) is 0 Å². The van der Waals surface area contributed by atoms with Crippen molar-refractivity contribution in [1.82, 2.24) is 44.6 Å². The molecule has 7 heterocycles. The Bertz CT molecular complexity index is 1800. The molecule has 0 aliphatic carbocycles. The molecule has 3 atom stereocenters. The van der Waals surface area contributed by atoms with Crippen LogP contribution in [0.1, 0.15) is 76.5 Å². The van der Waals surface area contributed by atoms with Crippen molar-refractivity contribution in [2.75, 3.05) is 5.73 Å². The highest BCUT2D eigenvalue weighted by Crippen LogP contribution is 2.45. The van der Waals surface area contributed by atoms with Gasteiger partial charge in [0, 0.05) is 41.5 Å². The summed E-state index contributed by atoms with van der Waals surface area (Å²) in [7, 11) is 0. The minimum atomic E-state index is -2.59. The minimum Gasteiger partial charge on any atom is -0.383 e. The third-order valence-electron chi connectivity index (χ3n) is 8.06. The number of alkyl halides is 2. The summed E-state index contributed by atoms with van der Waals surface area (Å²) in [6, 6.07) is 3.44. The summed E-state index contributed by atoms with van der Waals surface area (Å²) in [5.74, 6) is -0.159. The number of hydrogen-bond donors (Lipinski definition) is 2. The number of piperidine rings is 1. The van der Waals surface area contributed by atoms with Crippen molar-refractivity contribution in [3.63, 3.8) is 0 Å². The number of fused-ring (bicyclic) bond motifs is 3. The molecule has 42 heavy (non-hydrogen) atoms. The second kappa shape index (κ2) is 10.0. The number of nitrogens with zero attached hydrogens (tertiary/aromatic N) is 8. The Morgan fingerprint density at radius 2 is 1.88 bits per heavy atom. The van der Waals surface area contributed by atoms with Gasteiger partial charge in [0.15, 0.2) is 11.4 Å². The van der Waals surface area contributed by atoms with Crippen molar-refractivity contribution in [1.29, 1.82) is 0 Å². The molecule has 0 spiro atoms. The van der Waals surface area contributed by atoms with Gasteiger partial charge in [-0.25, -0.2) is 23.7 Å². The number of Topliss-reactive ketones (excluding diaryl/α,β-unsaturated/α-hetero) is 1. The lowest BCUT2D eigenvalue weighted by atomic mass is 9.85. The lowest BCUT2D eigenvalue weighted by Gasteiger charge is -2.38. The Morgan fingerprint density at radius 3 is 2.50 bits per heavy atom. The number of ketones is 1. The number of thiazole rings is 1. The Kier molecular flexibility index (Phi) is 6.26. The Labute approximate surface area is 241 Å². The first-order chi connectivity index (χ1) is 20.3. The van der Waals surface area contributed by atoms with Crippen molar-refractivity contribution in [2.45, 2.75) is 57.0 Å². The summed E-state index contributed by atoms with van der Waals surface area (Å²) in [4.78, 5) is 45.3. The molecule has 2 fully saturated rings. The number of amides is 1. The molecule has 5 aromatic heterocycles. The average Bonchev–Trinajstić information content (AvgIpc) is 3.79. The molecule has 2 aliphatic rings. The van der Waals surface area contributed by atoms with Gasteiger partial charge in [0.2, 0.25) is 5.82 Å². The number of nitrogen functional groups attached to an aromatic ring is 1. The quantitative estimate of drug-likeness (QED) is 0.275. The lowest BCUT2D eigenvalue weighted by molar-refractivity contribution is 0.0556. The zero-order chi connectivity index (χ0) is 29.1. The molecule has 3 N–H and O–H groups in total. The Balaban J connectivity index is 1.24. The summed E-state index contributed by atoms with van der Waals surface area (Å²) < 4.78 is 27.5. The van der Waals surface area contributed by atoms with Crippen LogP contribution in [0.2, 0.25) is 0 Å². The number of rotatable bonds is 6. The van der Waals surface area contributed by atoms with Gasteiger partial charge in [0.05, 0.1) is 28.0 Å². The van der Waals surface area contributed by atoms with E-state index in [9.17, 15) is 18.4 Å². The number of pyridine rings is 1. The van der Waals surface area contributed by atoms with Gasteiger partial charge in [-0.2, -0.15) is 9.61 Å². The van der Waals surface area contributed by atoms with E-state index < -0.39 is 6.43 Å². The number of anilines is 1. The summed E-state index contributed by atoms with van der Waals surface area (Å²) in [6.45, 7) is 1.46. The summed E-state index contributed by atoms with van der Waals surface area (Å²) in [5, 5.41) is 11.4. The van der Waals surface area contributed by atoms with Crippen LogP contribution in [-0.2, 0) is 0 Å². The maximum atomic E-state index is 13.1. The maximum Gasteiger partial charge on any atom is 0.294 e. The number of H-pyrrole nitrogens is 1. The Morgan fingerprint density at radius 1 is 1.10 bits per heavy atom. The normalized spacial score (nSPS) is 20.1. The monoisotopic (exact) mass is 590 g/mol. The second-order valence-corrected chi connectivity index (χ2v) is 11.6. The average molecular weight is 591 g/mol. The number of nitrogens with one attached hydrogen (secondary N) is 1. The van der Waals surface area contributed by atoms with Crippen molar-refractivity contribution in [3.05, 3.63) is 59.0 Å². The molecule has 0 radical (unpaired) electrons. The van der Waals surface area contributed by atoms with Crippen LogP contribution >= 0.6 is 11.3 Å². The highest BCUT2D eigenvalue weighted by atomic mass is 32.1. The van der Waals surface area contributed by atoms with Crippen LogP contribution in [0.4, 0.5) is 14.6 Å². The molecule has 12 nitrogen and oxygen atoms in total. The maximum absolute atomic E-state index is 13.1. The Hall–Kier alpha value is -4.66. The molecule has 5 aromatic rings. The van der Waals surface area contributed by atoms with Gasteiger partial charge in [0.1, 0.15) is 17.2 Å². The number of carbonyl (C=O) groups is 2. The van der Waals surface area contributed by atoms with Crippen molar-refractivity contribution in [2.24, 2.45) is 0 Å². The molecule has 2 bridgehead atoms. The zero-order valence-corrected chi connectivity index (χ0v) is 23.1. The van der Waals surface area contributed by atoms with E-state index in [1.165, 1.54) is 17.8 Å². The van der Waals surface area contributed by atoms with Gasteiger partial charge in [-0.15, -0.1) is 16.4 Å². The van der Waals surface area contributed by atoms with Crippen LogP contribution in [0.3, 0.4) is 0 Å². The standard InChI is InChI=1S/C27H24F2N10O2S/c1-12(40)20-21(14-6-15-3-4-16(7-14)38(15)27(41)24-33-11-34-37-24)36-25-17(9-35-39(25)23(20)30)13-2-5-18(31-8-13)26-32-10-19(42-26)22(28)29/h2,5,8-11,14-16,22H,3-4,6-7,30H2,1H3,(H,33,34,37)/t14-,15-,16?/m0/s1. The second-order valence-electron chi connectivity index (χ2n) is 10.5. The first kappa shape index (κ1) is 26.3.